The summed E-state index contributed by atoms with van der Waals surface area (Å²) in [5.74, 6) is 0.670. The molecule has 35 heavy (non-hydrogen) atoms. The first-order valence-electron chi connectivity index (χ1n) is 11.8. The van der Waals surface area contributed by atoms with Gasteiger partial charge in [-0.15, -0.1) is 0 Å². The predicted molar refractivity (Wildman–Crippen MR) is 134 cm³/mol. The van der Waals surface area contributed by atoms with Crippen LogP contribution in [0.3, 0.4) is 0 Å². The summed E-state index contributed by atoms with van der Waals surface area (Å²) in [5.41, 5.74) is 4.41. The Labute approximate surface area is 210 Å². The van der Waals surface area contributed by atoms with Gasteiger partial charge in [-0.25, -0.2) is 0 Å². The van der Waals surface area contributed by atoms with E-state index in [1.807, 2.05) is 36.4 Å². The van der Waals surface area contributed by atoms with E-state index in [9.17, 15) is 20.4 Å². The zero-order chi connectivity index (χ0) is 24.9. The molecule has 1 aliphatic rings. The Morgan fingerprint density at radius 3 is 2.20 bits per heavy atom. The number of hydrogen-bond acceptors (Lipinski definition) is 6. The Morgan fingerprint density at radius 1 is 0.857 bits per heavy atom. The highest BCUT2D eigenvalue weighted by molar-refractivity contribution is 6.31. The second-order valence-corrected chi connectivity index (χ2v) is 9.25. The first-order valence-corrected chi connectivity index (χ1v) is 12.2. The third-order valence-corrected chi connectivity index (χ3v) is 6.82. The zero-order valence-corrected chi connectivity index (χ0v) is 20.3. The SMILES string of the molecule is CCc1ccc(Cc2cc([C@@H]3O[C@H](CO)[C@@H](O)[C@H](O)[C@H]3O)c(COc3ccccc3)cc2Cl)cc1. The standard InChI is InChI=1S/C28H31ClO6/c1-2-17-8-10-18(11-9-17)12-19-13-22(28-27(33)26(32)25(31)24(15-30)35-28)20(14-23(19)29)16-34-21-6-4-3-5-7-21/h3-11,13-14,24-28,30-33H,2,12,15-16H2,1H3/t24-,25-,26+,27-,28+/m1/s1. The maximum absolute atomic E-state index is 10.8. The molecule has 0 saturated carbocycles. The molecule has 1 saturated heterocycles. The number of aliphatic hydroxyl groups is 4. The normalized spacial score (nSPS) is 24.3. The highest BCUT2D eigenvalue weighted by Crippen LogP contribution is 2.37. The van der Waals surface area contributed by atoms with Crippen LogP contribution in [0.25, 0.3) is 0 Å². The van der Waals surface area contributed by atoms with Crippen LogP contribution in [-0.2, 0) is 24.2 Å². The fourth-order valence-electron chi connectivity index (χ4n) is 4.35. The van der Waals surface area contributed by atoms with E-state index >= 15 is 0 Å². The van der Waals surface area contributed by atoms with E-state index < -0.39 is 37.1 Å². The van der Waals surface area contributed by atoms with Gasteiger partial charge in [-0.1, -0.05) is 67.1 Å². The molecule has 186 valence electrons. The van der Waals surface area contributed by atoms with Gasteiger partial charge < -0.3 is 29.9 Å². The molecule has 7 heteroatoms. The van der Waals surface area contributed by atoms with E-state index in [1.165, 1.54) is 5.56 Å². The van der Waals surface area contributed by atoms with Crippen molar-refractivity contribution in [1.29, 1.82) is 0 Å². The molecule has 6 nitrogen and oxygen atoms in total. The summed E-state index contributed by atoms with van der Waals surface area (Å²) in [7, 11) is 0. The number of aryl methyl sites for hydroxylation is 1. The van der Waals surface area contributed by atoms with E-state index in [0.29, 0.717) is 28.3 Å². The summed E-state index contributed by atoms with van der Waals surface area (Å²) in [5, 5.41) is 41.6. The fraction of sp³-hybridized carbons (Fsp3) is 0.357. The minimum absolute atomic E-state index is 0.152. The molecule has 0 radical (unpaired) electrons. The van der Waals surface area contributed by atoms with Crippen molar-refractivity contribution in [3.63, 3.8) is 0 Å². The lowest BCUT2D eigenvalue weighted by Gasteiger charge is -2.41. The van der Waals surface area contributed by atoms with Crippen LogP contribution >= 0.6 is 11.6 Å². The minimum Gasteiger partial charge on any atom is -0.489 e. The van der Waals surface area contributed by atoms with Crippen molar-refractivity contribution in [3.8, 4) is 5.75 Å². The summed E-state index contributed by atoms with van der Waals surface area (Å²) in [6.07, 6.45) is -4.79. The first kappa shape index (κ1) is 25.6. The molecule has 0 aliphatic carbocycles. The van der Waals surface area contributed by atoms with Crippen molar-refractivity contribution in [2.75, 3.05) is 6.61 Å². The molecule has 0 spiro atoms. The van der Waals surface area contributed by atoms with Crippen molar-refractivity contribution < 1.29 is 29.9 Å². The lowest BCUT2D eigenvalue weighted by molar-refractivity contribution is -0.232. The zero-order valence-electron chi connectivity index (χ0n) is 19.5. The number of halogens is 1. The van der Waals surface area contributed by atoms with Crippen LogP contribution in [0.15, 0.2) is 66.7 Å². The lowest BCUT2D eigenvalue weighted by atomic mass is 9.87. The van der Waals surface area contributed by atoms with Gasteiger partial charge in [0.1, 0.15) is 42.9 Å². The molecule has 3 aromatic carbocycles. The lowest BCUT2D eigenvalue weighted by Crippen LogP contribution is -2.55. The number of aliphatic hydroxyl groups excluding tert-OH is 4. The maximum atomic E-state index is 10.8. The molecular formula is C28H31ClO6. The highest BCUT2D eigenvalue weighted by atomic mass is 35.5. The van der Waals surface area contributed by atoms with Crippen molar-refractivity contribution in [2.45, 2.75) is 56.9 Å². The van der Waals surface area contributed by atoms with Crippen LogP contribution < -0.4 is 4.74 Å². The van der Waals surface area contributed by atoms with Gasteiger partial charge in [0.2, 0.25) is 0 Å². The van der Waals surface area contributed by atoms with Crippen molar-refractivity contribution >= 4 is 11.6 Å². The molecule has 0 unspecified atom stereocenters. The largest absolute Gasteiger partial charge is 0.489 e. The topological polar surface area (TPSA) is 99.4 Å². The molecule has 3 aromatic rings. The molecule has 4 N–H and O–H groups in total. The number of hydrogen-bond donors (Lipinski definition) is 4. The van der Waals surface area contributed by atoms with Gasteiger partial charge in [-0.3, -0.25) is 0 Å². The van der Waals surface area contributed by atoms with Crippen LogP contribution in [-0.4, -0.2) is 51.4 Å². The molecule has 1 heterocycles. The van der Waals surface area contributed by atoms with Crippen molar-refractivity contribution in [2.24, 2.45) is 0 Å². The highest BCUT2D eigenvalue weighted by Gasteiger charge is 2.44. The Balaban J connectivity index is 1.70. The average molecular weight is 499 g/mol. The molecule has 0 aromatic heterocycles. The van der Waals surface area contributed by atoms with Crippen LogP contribution in [0.5, 0.6) is 5.75 Å². The predicted octanol–water partition coefficient (Wildman–Crippen LogP) is 3.59. The smallest absolute Gasteiger partial charge is 0.119 e. The second kappa shape index (κ2) is 11.5. The summed E-state index contributed by atoms with van der Waals surface area (Å²) in [6.45, 7) is 1.76. The Morgan fingerprint density at radius 2 is 1.54 bits per heavy atom. The second-order valence-electron chi connectivity index (χ2n) is 8.84. The number of ether oxygens (including phenoxy) is 2. The fourth-order valence-corrected chi connectivity index (χ4v) is 4.61. The monoisotopic (exact) mass is 498 g/mol. The summed E-state index contributed by atoms with van der Waals surface area (Å²) in [4.78, 5) is 0. The van der Waals surface area contributed by atoms with Crippen LogP contribution in [0.4, 0.5) is 0 Å². The van der Waals surface area contributed by atoms with E-state index in [2.05, 4.69) is 31.2 Å². The minimum atomic E-state index is -1.48. The van der Waals surface area contributed by atoms with Gasteiger partial charge in [0.05, 0.1) is 6.61 Å². The van der Waals surface area contributed by atoms with E-state index in [1.54, 1.807) is 6.07 Å². The van der Waals surface area contributed by atoms with Gasteiger partial charge >= 0.3 is 0 Å². The van der Waals surface area contributed by atoms with Crippen molar-refractivity contribution in [1.82, 2.24) is 0 Å². The van der Waals surface area contributed by atoms with Crippen LogP contribution in [0.1, 0.15) is 40.8 Å². The molecule has 0 amide bonds. The molecule has 0 bridgehead atoms. The van der Waals surface area contributed by atoms with E-state index in [0.717, 1.165) is 17.5 Å². The summed E-state index contributed by atoms with van der Waals surface area (Å²) in [6, 6.07) is 21.3. The van der Waals surface area contributed by atoms with Crippen molar-refractivity contribution in [3.05, 3.63) is 99.6 Å². The molecule has 5 atom stereocenters. The van der Waals surface area contributed by atoms with Crippen LogP contribution in [0, 0.1) is 0 Å². The Kier molecular flexibility index (Phi) is 8.44. The Hall–Kier alpha value is -2.45. The summed E-state index contributed by atoms with van der Waals surface area (Å²) >= 11 is 6.69. The Bertz CT molecular complexity index is 1100. The maximum Gasteiger partial charge on any atom is 0.119 e. The third kappa shape index (κ3) is 5.86. The quantitative estimate of drug-likeness (QED) is 0.379. The number of benzene rings is 3. The van der Waals surface area contributed by atoms with Crippen LogP contribution in [0.2, 0.25) is 5.02 Å². The first-order chi connectivity index (χ1) is 16.9. The molecule has 4 rings (SSSR count). The number of para-hydroxylation sites is 1. The van der Waals surface area contributed by atoms with Gasteiger partial charge in [-0.2, -0.15) is 0 Å². The van der Waals surface area contributed by atoms with E-state index in [-0.39, 0.29) is 6.61 Å². The van der Waals surface area contributed by atoms with E-state index in [4.69, 9.17) is 21.1 Å². The molecular weight excluding hydrogens is 468 g/mol. The third-order valence-electron chi connectivity index (χ3n) is 6.47. The molecule has 1 fully saturated rings. The van der Waals surface area contributed by atoms with Gasteiger partial charge in [-0.05, 0) is 58.9 Å². The average Bonchev–Trinajstić information content (AvgIpc) is 2.89. The van der Waals surface area contributed by atoms with Gasteiger partial charge in [0.15, 0.2) is 0 Å². The van der Waals surface area contributed by atoms with Gasteiger partial charge in [0.25, 0.3) is 0 Å². The van der Waals surface area contributed by atoms with Gasteiger partial charge in [0, 0.05) is 5.02 Å². The summed E-state index contributed by atoms with van der Waals surface area (Å²) < 4.78 is 11.8. The number of rotatable bonds is 8. The molecule has 1 aliphatic heterocycles.